The van der Waals surface area contributed by atoms with Crippen molar-refractivity contribution in [2.45, 2.75) is 99.2 Å². The fourth-order valence-electron chi connectivity index (χ4n) is 10.4. The molecule has 6 atom stereocenters. The summed E-state index contributed by atoms with van der Waals surface area (Å²) in [5.74, 6) is 5.62. The van der Waals surface area contributed by atoms with Crippen LogP contribution in [0.2, 0.25) is 0 Å². The van der Waals surface area contributed by atoms with E-state index in [-0.39, 0.29) is 12.8 Å². The first kappa shape index (κ1) is 40.6. The number of carbonyl (C=O) groups excluding carboxylic acids is 2. The van der Waals surface area contributed by atoms with Crippen LogP contribution in [0.15, 0.2) is 46.5 Å². The second-order valence-corrected chi connectivity index (χ2v) is 20.5. The summed E-state index contributed by atoms with van der Waals surface area (Å²) in [6.07, 6.45) is 10.6. The highest BCUT2D eigenvalue weighted by atomic mass is 32.2. The van der Waals surface area contributed by atoms with Crippen molar-refractivity contribution in [3.05, 3.63) is 58.7 Å². The number of thioether (sulfide) groups is 4. The fraction of sp³-hybridized carbons (Fsp3) is 0.591. The zero-order chi connectivity index (χ0) is 39.1. The summed E-state index contributed by atoms with van der Waals surface area (Å²) in [5.41, 5.74) is 7.28. The SMILES string of the molecule is CCCSc1c2c3c(cccc3n1OC(=O)CCC(=O)On1c(SCCC)c3c4c(cccc41)[C@H]1CC(CSC)CN(C)[C@@H]1C3)[C@H]1CC(CSC)CN(C)[C@@H]1C2. The molecule has 56 heavy (non-hydrogen) atoms. The van der Waals surface area contributed by atoms with Gasteiger partial charge in [-0.3, -0.25) is 0 Å². The molecule has 0 saturated carbocycles. The zero-order valence-corrected chi connectivity index (χ0v) is 37.1. The van der Waals surface area contributed by atoms with Gasteiger partial charge in [-0.1, -0.05) is 38.1 Å². The fourth-order valence-corrected chi connectivity index (χ4v) is 13.9. The largest absolute Gasteiger partial charge is 0.335 e. The van der Waals surface area contributed by atoms with E-state index in [9.17, 15) is 9.59 Å². The van der Waals surface area contributed by atoms with E-state index in [1.807, 2.05) is 23.5 Å². The third-order valence-electron chi connectivity index (χ3n) is 12.6. The highest BCUT2D eigenvalue weighted by Crippen LogP contribution is 2.50. The van der Waals surface area contributed by atoms with Crippen molar-refractivity contribution < 1.29 is 19.3 Å². The number of carbonyl (C=O) groups is 2. The van der Waals surface area contributed by atoms with Crippen LogP contribution in [-0.4, -0.2) is 106 Å². The molecule has 4 aromatic rings. The first-order chi connectivity index (χ1) is 27.3. The molecular formula is C44H58N4O4S4. The molecule has 2 unspecified atom stereocenters. The van der Waals surface area contributed by atoms with Crippen LogP contribution in [-0.2, 0) is 22.4 Å². The van der Waals surface area contributed by atoms with Crippen LogP contribution < -0.4 is 9.68 Å². The molecule has 2 aromatic carbocycles. The Kier molecular flexibility index (Phi) is 12.7. The van der Waals surface area contributed by atoms with Crippen LogP contribution >= 0.6 is 47.0 Å². The van der Waals surface area contributed by atoms with Gasteiger partial charge in [0.2, 0.25) is 0 Å². The Morgan fingerprint density at radius 2 is 1.11 bits per heavy atom. The lowest BCUT2D eigenvalue weighted by Gasteiger charge is -2.45. The Morgan fingerprint density at radius 3 is 1.50 bits per heavy atom. The minimum atomic E-state index is -0.422. The lowest BCUT2D eigenvalue weighted by Crippen LogP contribution is -2.48. The maximum Gasteiger partial charge on any atom is 0.333 e. The molecule has 302 valence electrons. The van der Waals surface area contributed by atoms with Gasteiger partial charge >= 0.3 is 11.9 Å². The quantitative estimate of drug-likeness (QED) is 0.109. The minimum absolute atomic E-state index is 0.0592. The average molecular weight is 835 g/mol. The van der Waals surface area contributed by atoms with E-state index < -0.39 is 11.9 Å². The van der Waals surface area contributed by atoms with Crippen molar-refractivity contribution >= 4 is 80.8 Å². The number of likely N-dealkylation sites (tertiary alicyclic amines) is 2. The molecule has 2 aromatic heterocycles. The number of aromatic nitrogens is 2. The van der Waals surface area contributed by atoms with E-state index in [0.29, 0.717) is 35.8 Å². The van der Waals surface area contributed by atoms with Crippen LogP contribution in [0.1, 0.15) is 86.5 Å². The molecule has 2 aliphatic carbocycles. The lowest BCUT2D eigenvalue weighted by atomic mass is 9.73. The van der Waals surface area contributed by atoms with Crippen molar-refractivity contribution in [3.63, 3.8) is 0 Å². The molecule has 12 heteroatoms. The van der Waals surface area contributed by atoms with Crippen LogP contribution in [0, 0.1) is 11.8 Å². The topological polar surface area (TPSA) is 68.9 Å². The van der Waals surface area contributed by atoms with Gasteiger partial charge in [0.15, 0.2) is 0 Å². The number of fused-ring (bicyclic) bond motifs is 4. The van der Waals surface area contributed by atoms with Gasteiger partial charge in [-0.2, -0.15) is 33.0 Å². The second kappa shape index (κ2) is 17.6. The maximum atomic E-state index is 13.7. The number of piperidine rings is 2. The standard InChI is InChI=1S/C44H58N4O4S4/c1-7-17-55-43-33-21-37-31(19-27(25-53-5)23-45(37)3)29-11-9-13-35(41(29)33)47(43)51-39(49)15-16-40(50)52-48-36-14-10-12-30-32-20-28(26-54-6)24-46(4)38(32)22-34(42(30)36)44(48)56-18-8-2/h9-14,27-28,31-32,37-38H,7-8,15-26H2,1-6H3/t27?,28?,31-,32-,37-,38-/m1/s1. The van der Waals surface area contributed by atoms with Crippen molar-refractivity contribution in [1.82, 2.24) is 19.3 Å². The van der Waals surface area contributed by atoms with Crippen molar-refractivity contribution in [1.29, 1.82) is 0 Å². The Hall–Kier alpha value is -2.22. The lowest BCUT2D eigenvalue weighted by molar-refractivity contribution is -0.151. The molecule has 0 N–H and O–H groups in total. The van der Waals surface area contributed by atoms with Gasteiger partial charge in [0.05, 0.1) is 23.9 Å². The minimum Gasteiger partial charge on any atom is -0.335 e. The molecule has 0 radical (unpaired) electrons. The van der Waals surface area contributed by atoms with E-state index in [0.717, 1.165) is 71.4 Å². The Morgan fingerprint density at radius 1 is 0.679 bits per heavy atom. The van der Waals surface area contributed by atoms with Crippen LogP contribution in [0.4, 0.5) is 0 Å². The number of benzene rings is 2. The zero-order valence-electron chi connectivity index (χ0n) is 33.9. The van der Waals surface area contributed by atoms with Crippen LogP contribution in [0.25, 0.3) is 21.8 Å². The Labute approximate surface area is 349 Å². The average Bonchev–Trinajstić information content (AvgIpc) is 3.65. The molecule has 4 aliphatic rings. The summed E-state index contributed by atoms with van der Waals surface area (Å²) < 4.78 is 3.59. The number of nitrogens with zero attached hydrogens (tertiary/aromatic N) is 4. The van der Waals surface area contributed by atoms with E-state index in [4.69, 9.17) is 9.68 Å². The first-order valence-corrected chi connectivity index (χ1v) is 25.4. The summed E-state index contributed by atoms with van der Waals surface area (Å²) in [6, 6.07) is 13.9. The summed E-state index contributed by atoms with van der Waals surface area (Å²) in [6.45, 7) is 6.61. The van der Waals surface area contributed by atoms with Gasteiger partial charge in [-0.05, 0) is 134 Å². The van der Waals surface area contributed by atoms with Crippen molar-refractivity contribution in [3.8, 4) is 0 Å². The summed E-state index contributed by atoms with van der Waals surface area (Å²) in [4.78, 5) is 45.1. The summed E-state index contributed by atoms with van der Waals surface area (Å²) >= 11 is 7.44. The van der Waals surface area contributed by atoms with Gasteiger partial charge in [0.1, 0.15) is 10.1 Å². The molecule has 8 nitrogen and oxygen atoms in total. The van der Waals surface area contributed by atoms with Gasteiger partial charge in [-0.15, -0.1) is 23.5 Å². The Bertz CT molecular complexity index is 1930. The molecule has 0 spiro atoms. The number of likely N-dealkylation sites (N-methyl/N-ethyl adjacent to an activating group) is 2. The third-order valence-corrected chi connectivity index (χ3v) is 16.8. The highest BCUT2D eigenvalue weighted by molar-refractivity contribution is 7.99. The van der Waals surface area contributed by atoms with Crippen LogP contribution in [0.3, 0.4) is 0 Å². The number of hydrogen-bond donors (Lipinski definition) is 0. The maximum absolute atomic E-state index is 13.7. The predicted molar refractivity (Wildman–Crippen MR) is 237 cm³/mol. The normalized spacial score (nSPS) is 24.7. The van der Waals surface area contributed by atoms with Crippen molar-refractivity contribution in [2.75, 3.05) is 62.7 Å². The molecular weight excluding hydrogens is 777 g/mol. The number of rotatable bonds is 15. The molecule has 8 rings (SSSR count). The van der Waals surface area contributed by atoms with Gasteiger partial charge in [-0.25, -0.2) is 9.59 Å². The van der Waals surface area contributed by atoms with E-state index >= 15 is 0 Å². The van der Waals surface area contributed by atoms with E-state index in [1.165, 1.54) is 57.4 Å². The second-order valence-electron chi connectivity index (χ2n) is 16.5. The molecule has 2 saturated heterocycles. The third kappa shape index (κ3) is 7.57. The number of hydrogen-bond acceptors (Lipinski definition) is 10. The molecule has 2 aliphatic heterocycles. The van der Waals surface area contributed by atoms with Crippen LogP contribution in [0.5, 0.6) is 0 Å². The molecule has 4 heterocycles. The molecule has 0 amide bonds. The van der Waals surface area contributed by atoms with Crippen molar-refractivity contribution in [2.24, 2.45) is 11.8 Å². The smallest absolute Gasteiger partial charge is 0.333 e. The van der Waals surface area contributed by atoms with Gasteiger partial charge < -0.3 is 19.5 Å². The first-order valence-electron chi connectivity index (χ1n) is 20.6. The van der Waals surface area contributed by atoms with E-state index in [2.05, 4.69) is 86.7 Å². The Balaban J connectivity index is 1.03. The van der Waals surface area contributed by atoms with Gasteiger partial charge in [0, 0.05) is 47.8 Å². The highest BCUT2D eigenvalue weighted by Gasteiger charge is 2.43. The summed E-state index contributed by atoms with van der Waals surface area (Å²) in [7, 11) is 4.57. The predicted octanol–water partition coefficient (Wildman–Crippen LogP) is 8.64. The summed E-state index contributed by atoms with van der Waals surface area (Å²) in [5, 5.41) is 4.57. The monoisotopic (exact) mass is 834 g/mol. The molecule has 0 bridgehead atoms. The molecule has 2 fully saturated rings. The van der Waals surface area contributed by atoms with E-state index in [1.54, 1.807) is 33.0 Å². The van der Waals surface area contributed by atoms with Gasteiger partial charge in [0.25, 0.3) is 0 Å².